The van der Waals surface area contributed by atoms with Gasteiger partial charge in [0.15, 0.2) is 5.82 Å². The number of para-hydroxylation sites is 1. The van der Waals surface area contributed by atoms with Crippen LogP contribution in [0.2, 0.25) is 0 Å². The molecule has 0 aliphatic heterocycles. The molecule has 0 fully saturated rings. The molecule has 3 rings (SSSR count). The maximum Gasteiger partial charge on any atom is 0.178 e. The minimum atomic E-state index is -0.0615. The average Bonchev–Trinajstić information content (AvgIpc) is 2.46. The lowest BCUT2D eigenvalue weighted by atomic mass is 10.1. The topological polar surface area (TPSA) is 64.7 Å². The van der Waals surface area contributed by atoms with Gasteiger partial charge in [0.05, 0.1) is 5.52 Å². The summed E-state index contributed by atoms with van der Waals surface area (Å²) in [5, 5.41) is 1.11. The molecular weight excluding hydrogens is 248 g/mol. The first-order chi connectivity index (χ1) is 9.65. The number of nitrogens with two attached hydrogens (primary N) is 1. The second kappa shape index (κ2) is 4.98. The third-order valence-corrected chi connectivity index (χ3v) is 3.34. The molecule has 4 heteroatoms. The highest BCUT2D eigenvalue weighted by Gasteiger charge is 2.09. The number of benzene rings is 1. The molecule has 1 unspecified atom stereocenters. The molecule has 1 aromatic carbocycles. The summed E-state index contributed by atoms with van der Waals surface area (Å²) in [5.41, 5.74) is 9.48. The lowest BCUT2D eigenvalue weighted by Crippen LogP contribution is -2.09. The van der Waals surface area contributed by atoms with Gasteiger partial charge in [-0.2, -0.15) is 0 Å². The number of hydrogen-bond acceptors (Lipinski definition) is 4. The smallest absolute Gasteiger partial charge is 0.178 e. The van der Waals surface area contributed by atoms with Crippen molar-refractivity contribution >= 4 is 10.9 Å². The van der Waals surface area contributed by atoms with Crippen molar-refractivity contribution in [3.63, 3.8) is 0 Å². The van der Waals surface area contributed by atoms with Crippen LogP contribution < -0.4 is 5.73 Å². The third kappa shape index (κ3) is 2.26. The predicted octanol–water partition coefficient (Wildman–Crippen LogP) is 3.02. The Labute approximate surface area is 117 Å². The van der Waals surface area contributed by atoms with Gasteiger partial charge in [-0.1, -0.05) is 24.3 Å². The van der Waals surface area contributed by atoms with Gasteiger partial charge in [-0.25, -0.2) is 15.0 Å². The van der Waals surface area contributed by atoms with Crippen LogP contribution in [-0.2, 0) is 0 Å². The zero-order chi connectivity index (χ0) is 14.1. The van der Waals surface area contributed by atoms with E-state index in [0.717, 1.165) is 27.9 Å². The Morgan fingerprint density at radius 1 is 1.05 bits per heavy atom. The highest BCUT2D eigenvalue weighted by Crippen LogP contribution is 2.20. The van der Waals surface area contributed by atoms with E-state index >= 15 is 0 Å². The monoisotopic (exact) mass is 264 g/mol. The minimum absolute atomic E-state index is 0.0615. The number of aryl methyl sites for hydroxylation is 1. The Hall–Kier alpha value is -2.33. The van der Waals surface area contributed by atoms with Crippen LogP contribution >= 0.6 is 0 Å². The summed E-state index contributed by atoms with van der Waals surface area (Å²) in [6, 6.07) is 11.9. The summed E-state index contributed by atoms with van der Waals surface area (Å²) in [6.07, 6.45) is 1.79. The molecule has 2 N–H and O–H groups in total. The molecule has 3 aromatic rings. The van der Waals surface area contributed by atoms with Crippen LogP contribution in [0, 0.1) is 6.92 Å². The lowest BCUT2D eigenvalue weighted by Gasteiger charge is -2.09. The summed E-state index contributed by atoms with van der Waals surface area (Å²) >= 11 is 0. The van der Waals surface area contributed by atoms with E-state index in [9.17, 15) is 0 Å². The van der Waals surface area contributed by atoms with Gasteiger partial charge in [-0.3, -0.25) is 0 Å². The van der Waals surface area contributed by atoms with Gasteiger partial charge in [0.25, 0.3) is 0 Å². The van der Waals surface area contributed by atoms with Gasteiger partial charge in [0.2, 0.25) is 0 Å². The van der Waals surface area contributed by atoms with Crippen molar-refractivity contribution in [3.8, 4) is 11.5 Å². The first kappa shape index (κ1) is 12.7. The summed E-state index contributed by atoms with van der Waals surface area (Å²) < 4.78 is 0. The molecule has 2 aromatic heterocycles. The Morgan fingerprint density at radius 3 is 2.60 bits per heavy atom. The molecule has 0 aliphatic rings. The van der Waals surface area contributed by atoms with E-state index in [1.54, 1.807) is 6.20 Å². The van der Waals surface area contributed by atoms with Gasteiger partial charge in [-0.15, -0.1) is 0 Å². The molecular formula is C16H16N4. The van der Waals surface area contributed by atoms with Crippen LogP contribution in [0.5, 0.6) is 0 Å². The van der Waals surface area contributed by atoms with Crippen molar-refractivity contribution in [2.24, 2.45) is 5.73 Å². The Bertz CT molecular complexity index is 765. The van der Waals surface area contributed by atoms with Crippen LogP contribution in [0.25, 0.3) is 22.4 Å². The molecule has 0 radical (unpaired) electrons. The Kier molecular flexibility index (Phi) is 3.16. The second-order valence-electron chi connectivity index (χ2n) is 4.91. The number of nitrogens with zero attached hydrogens (tertiary/aromatic N) is 3. The Balaban J connectivity index is 2.08. The van der Waals surface area contributed by atoms with Gasteiger partial charge < -0.3 is 5.73 Å². The van der Waals surface area contributed by atoms with Crippen molar-refractivity contribution in [1.82, 2.24) is 15.0 Å². The first-order valence-electron chi connectivity index (χ1n) is 6.60. The predicted molar refractivity (Wildman–Crippen MR) is 80.1 cm³/mol. The lowest BCUT2D eigenvalue weighted by molar-refractivity contribution is 0.790. The van der Waals surface area contributed by atoms with Gasteiger partial charge in [0.1, 0.15) is 5.69 Å². The van der Waals surface area contributed by atoms with E-state index in [1.807, 2.05) is 50.2 Å². The molecule has 20 heavy (non-hydrogen) atoms. The largest absolute Gasteiger partial charge is 0.324 e. The average molecular weight is 264 g/mol. The molecule has 1 atom stereocenters. The van der Waals surface area contributed by atoms with E-state index in [4.69, 9.17) is 5.73 Å². The van der Waals surface area contributed by atoms with Crippen molar-refractivity contribution in [3.05, 3.63) is 53.9 Å². The SMILES string of the molecule is Cc1nc(-c2ccc3ccccc3n2)ncc1C(C)N. The van der Waals surface area contributed by atoms with Crippen molar-refractivity contribution in [2.75, 3.05) is 0 Å². The molecule has 0 amide bonds. The summed E-state index contributed by atoms with van der Waals surface area (Å²) in [4.78, 5) is 13.5. The van der Waals surface area contributed by atoms with Crippen molar-refractivity contribution in [1.29, 1.82) is 0 Å². The molecule has 100 valence electrons. The highest BCUT2D eigenvalue weighted by atomic mass is 14.9. The molecule has 0 bridgehead atoms. The molecule has 0 saturated heterocycles. The quantitative estimate of drug-likeness (QED) is 0.772. The van der Waals surface area contributed by atoms with Crippen molar-refractivity contribution in [2.45, 2.75) is 19.9 Å². The maximum atomic E-state index is 5.88. The third-order valence-electron chi connectivity index (χ3n) is 3.34. The van der Waals surface area contributed by atoms with E-state index in [0.29, 0.717) is 5.82 Å². The molecule has 0 aliphatic carbocycles. The standard InChI is InChI=1S/C16H16N4/c1-10(17)13-9-18-16(19-11(13)2)15-8-7-12-5-3-4-6-14(12)20-15/h3-10H,17H2,1-2H3. The summed E-state index contributed by atoms with van der Waals surface area (Å²) in [5.74, 6) is 0.637. The molecule has 0 saturated carbocycles. The van der Waals surface area contributed by atoms with E-state index in [1.165, 1.54) is 0 Å². The zero-order valence-electron chi connectivity index (χ0n) is 11.5. The summed E-state index contributed by atoms with van der Waals surface area (Å²) in [7, 11) is 0. The fraction of sp³-hybridized carbons (Fsp3) is 0.188. The van der Waals surface area contributed by atoms with Crippen LogP contribution in [0.3, 0.4) is 0 Å². The normalized spacial score (nSPS) is 12.6. The van der Waals surface area contributed by atoms with E-state index in [2.05, 4.69) is 15.0 Å². The molecule has 0 spiro atoms. The minimum Gasteiger partial charge on any atom is -0.324 e. The molecule has 2 heterocycles. The Morgan fingerprint density at radius 2 is 1.85 bits per heavy atom. The first-order valence-corrected chi connectivity index (χ1v) is 6.60. The van der Waals surface area contributed by atoms with Crippen molar-refractivity contribution < 1.29 is 0 Å². The molecule has 4 nitrogen and oxygen atoms in total. The van der Waals surface area contributed by atoms with E-state index < -0.39 is 0 Å². The van der Waals surface area contributed by atoms with Crippen LogP contribution in [0.15, 0.2) is 42.6 Å². The maximum absolute atomic E-state index is 5.88. The van der Waals surface area contributed by atoms with Crippen LogP contribution in [0.4, 0.5) is 0 Å². The second-order valence-corrected chi connectivity index (χ2v) is 4.91. The van der Waals surface area contributed by atoms with Gasteiger partial charge in [-0.05, 0) is 26.0 Å². The van der Waals surface area contributed by atoms with Gasteiger partial charge in [0, 0.05) is 28.9 Å². The van der Waals surface area contributed by atoms with Crippen LogP contribution in [0.1, 0.15) is 24.2 Å². The number of fused-ring (bicyclic) bond motifs is 1. The fourth-order valence-electron chi connectivity index (χ4n) is 2.24. The number of rotatable bonds is 2. The number of aromatic nitrogens is 3. The van der Waals surface area contributed by atoms with Gasteiger partial charge >= 0.3 is 0 Å². The number of pyridine rings is 1. The highest BCUT2D eigenvalue weighted by molar-refractivity contribution is 5.80. The zero-order valence-corrected chi connectivity index (χ0v) is 11.5. The fourth-order valence-corrected chi connectivity index (χ4v) is 2.24. The van der Waals surface area contributed by atoms with E-state index in [-0.39, 0.29) is 6.04 Å². The van der Waals surface area contributed by atoms with Crippen LogP contribution in [-0.4, -0.2) is 15.0 Å². The summed E-state index contributed by atoms with van der Waals surface area (Å²) in [6.45, 7) is 3.88. The number of hydrogen-bond donors (Lipinski definition) is 1.